The third-order valence-electron chi connectivity index (χ3n) is 6.58. The fraction of sp³-hybridized carbons (Fsp3) is 0.357. The summed E-state index contributed by atoms with van der Waals surface area (Å²) in [6.07, 6.45) is 7.17. The summed E-state index contributed by atoms with van der Waals surface area (Å²) in [6, 6.07) is 12.6. The van der Waals surface area contributed by atoms with Crippen LogP contribution in [-0.2, 0) is 0 Å². The van der Waals surface area contributed by atoms with E-state index in [1.165, 1.54) is 0 Å². The Morgan fingerprint density at radius 3 is 2.43 bits per heavy atom. The Kier molecular flexibility index (Phi) is 9.46. The van der Waals surface area contributed by atoms with E-state index in [9.17, 15) is 4.79 Å². The molecule has 0 aliphatic heterocycles. The van der Waals surface area contributed by atoms with Gasteiger partial charge in [-0.05, 0) is 61.9 Å². The minimum Gasteiger partial charge on any atom is -0.351 e. The molecule has 1 heterocycles. The average molecular weight is 533 g/mol. The van der Waals surface area contributed by atoms with Gasteiger partial charge >= 0.3 is 0 Å². The Balaban J connectivity index is 1.83. The minimum atomic E-state index is -0.203. The number of carbonyl (C=O) groups excluding carboxylic acids is 1. The number of halogens is 3. The first kappa shape index (κ1) is 27.3. The maximum Gasteiger partial charge on any atom is 0.272 e. The Morgan fingerprint density at radius 2 is 1.80 bits per heavy atom. The van der Waals surface area contributed by atoms with Crippen LogP contribution in [0, 0.1) is 12.3 Å². The van der Waals surface area contributed by atoms with Crippen molar-refractivity contribution in [3.05, 3.63) is 81.4 Å². The van der Waals surface area contributed by atoms with Gasteiger partial charge in [-0.25, -0.2) is 4.68 Å². The average Bonchev–Trinajstić information content (AvgIpc) is 3.16. The van der Waals surface area contributed by atoms with Crippen molar-refractivity contribution in [1.29, 1.82) is 0 Å². The largest absolute Gasteiger partial charge is 0.351 e. The molecule has 0 spiro atoms. The topological polar surface area (TPSA) is 46.9 Å². The molecule has 0 aliphatic carbocycles. The van der Waals surface area contributed by atoms with Gasteiger partial charge in [-0.1, -0.05) is 79.7 Å². The van der Waals surface area contributed by atoms with Gasteiger partial charge in [0.1, 0.15) is 0 Å². The van der Waals surface area contributed by atoms with Crippen LogP contribution in [0.5, 0.6) is 0 Å². The molecule has 4 nitrogen and oxygen atoms in total. The molecule has 1 amide bonds. The molecule has 0 saturated carbocycles. The third kappa shape index (κ3) is 6.69. The molecule has 0 aliphatic rings. The second kappa shape index (κ2) is 12.1. The number of hydrogen-bond acceptors (Lipinski definition) is 2. The highest BCUT2D eigenvalue weighted by Gasteiger charge is 2.23. The number of aromatic nitrogens is 2. The SMILES string of the molecule is C=CCC(C)(CC)CCCCNC(=O)c1nn(-c2ccc(Cl)cc2Cl)c(-c2ccc(Cl)cc2)c1C. The van der Waals surface area contributed by atoms with E-state index >= 15 is 0 Å². The van der Waals surface area contributed by atoms with Crippen molar-refractivity contribution < 1.29 is 4.79 Å². The summed E-state index contributed by atoms with van der Waals surface area (Å²) in [5, 5.41) is 9.33. The molecule has 1 unspecified atom stereocenters. The lowest BCUT2D eigenvalue weighted by Crippen LogP contribution is -2.26. The van der Waals surface area contributed by atoms with Gasteiger partial charge in [0.2, 0.25) is 0 Å². The molecule has 35 heavy (non-hydrogen) atoms. The lowest BCUT2D eigenvalue weighted by atomic mass is 9.79. The molecule has 1 aromatic heterocycles. The second-order valence-electron chi connectivity index (χ2n) is 9.21. The standard InChI is InChI=1S/C28H32Cl3N3O/c1-5-15-28(4,6-2)16-7-8-17-32-27(35)25-19(3)26(20-9-11-21(29)12-10-20)34(33-25)24-14-13-22(30)18-23(24)31/h5,9-14,18H,1,6-8,15-17H2,2-4H3,(H,32,35). The number of allylic oxidation sites excluding steroid dienone is 1. The predicted octanol–water partition coefficient (Wildman–Crippen LogP) is 8.70. The summed E-state index contributed by atoms with van der Waals surface area (Å²) in [7, 11) is 0. The molecule has 3 rings (SSSR count). The molecule has 186 valence electrons. The van der Waals surface area contributed by atoms with E-state index in [-0.39, 0.29) is 11.3 Å². The molecule has 0 radical (unpaired) electrons. The second-order valence-corrected chi connectivity index (χ2v) is 10.5. The quantitative estimate of drug-likeness (QED) is 0.198. The van der Waals surface area contributed by atoms with Gasteiger partial charge in [0.15, 0.2) is 5.69 Å². The van der Waals surface area contributed by atoms with Crippen molar-refractivity contribution in [1.82, 2.24) is 15.1 Å². The first-order valence-corrected chi connectivity index (χ1v) is 13.0. The van der Waals surface area contributed by atoms with E-state index in [0.29, 0.717) is 33.0 Å². The number of carbonyl (C=O) groups is 1. The fourth-order valence-corrected chi connectivity index (χ4v) is 4.83. The van der Waals surface area contributed by atoms with Crippen molar-refractivity contribution in [2.24, 2.45) is 5.41 Å². The first-order chi connectivity index (χ1) is 16.7. The van der Waals surface area contributed by atoms with Crippen LogP contribution in [0.2, 0.25) is 15.1 Å². The van der Waals surface area contributed by atoms with Crippen LogP contribution in [0.15, 0.2) is 55.1 Å². The summed E-state index contributed by atoms with van der Waals surface area (Å²) < 4.78 is 1.70. The van der Waals surface area contributed by atoms with E-state index in [2.05, 4.69) is 30.8 Å². The zero-order chi connectivity index (χ0) is 25.6. The molecule has 1 atom stereocenters. The summed E-state index contributed by atoms with van der Waals surface area (Å²) in [6.45, 7) is 10.9. The van der Waals surface area contributed by atoms with Crippen molar-refractivity contribution >= 4 is 40.7 Å². The third-order valence-corrected chi connectivity index (χ3v) is 7.37. The van der Waals surface area contributed by atoms with Crippen molar-refractivity contribution in [2.75, 3.05) is 6.54 Å². The molecule has 1 N–H and O–H groups in total. The zero-order valence-electron chi connectivity index (χ0n) is 20.5. The fourth-order valence-electron chi connectivity index (χ4n) is 4.22. The zero-order valence-corrected chi connectivity index (χ0v) is 22.8. The Hall–Kier alpha value is -2.27. The number of unbranched alkanes of at least 4 members (excludes halogenated alkanes) is 1. The molecular formula is C28H32Cl3N3O. The highest BCUT2D eigenvalue weighted by molar-refractivity contribution is 6.35. The van der Waals surface area contributed by atoms with Gasteiger partial charge in [-0.15, -0.1) is 6.58 Å². The monoisotopic (exact) mass is 531 g/mol. The van der Waals surface area contributed by atoms with Crippen molar-refractivity contribution in [3.63, 3.8) is 0 Å². The Morgan fingerprint density at radius 1 is 1.11 bits per heavy atom. The minimum absolute atomic E-state index is 0.203. The molecule has 0 bridgehead atoms. The molecule has 0 fully saturated rings. The van der Waals surface area contributed by atoms with Crippen LogP contribution < -0.4 is 5.32 Å². The number of nitrogens with one attached hydrogen (secondary N) is 1. The smallest absolute Gasteiger partial charge is 0.272 e. The predicted molar refractivity (Wildman–Crippen MR) is 148 cm³/mol. The normalized spacial score (nSPS) is 12.9. The van der Waals surface area contributed by atoms with E-state index in [4.69, 9.17) is 34.8 Å². The maximum absolute atomic E-state index is 13.1. The molecule has 7 heteroatoms. The van der Waals surface area contributed by atoms with Gasteiger partial charge < -0.3 is 5.32 Å². The summed E-state index contributed by atoms with van der Waals surface area (Å²) >= 11 is 18.7. The lowest BCUT2D eigenvalue weighted by Gasteiger charge is -2.26. The van der Waals surface area contributed by atoms with E-state index in [0.717, 1.165) is 48.9 Å². The molecule has 0 saturated heterocycles. The number of amides is 1. The van der Waals surface area contributed by atoms with Crippen molar-refractivity contribution in [2.45, 2.75) is 52.9 Å². The first-order valence-electron chi connectivity index (χ1n) is 11.9. The lowest BCUT2D eigenvalue weighted by molar-refractivity contribution is 0.0946. The molecular weight excluding hydrogens is 501 g/mol. The molecule has 2 aromatic carbocycles. The van der Waals surface area contributed by atoms with Gasteiger partial charge in [0, 0.05) is 27.7 Å². The Labute approximate surface area is 223 Å². The van der Waals surface area contributed by atoms with Crippen molar-refractivity contribution in [3.8, 4) is 16.9 Å². The molecule has 3 aromatic rings. The van der Waals surface area contributed by atoms with Crippen LogP contribution in [-0.4, -0.2) is 22.2 Å². The van der Waals surface area contributed by atoms with E-state index < -0.39 is 0 Å². The number of rotatable bonds is 11. The summed E-state index contributed by atoms with van der Waals surface area (Å²) in [4.78, 5) is 13.1. The maximum atomic E-state index is 13.1. The van der Waals surface area contributed by atoms with Gasteiger partial charge in [-0.3, -0.25) is 4.79 Å². The van der Waals surface area contributed by atoms with Gasteiger partial charge in [-0.2, -0.15) is 5.10 Å². The number of benzene rings is 2. The van der Waals surface area contributed by atoms with Gasteiger partial charge in [0.25, 0.3) is 5.91 Å². The van der Waals surface area contributed by atoms with Crippen LogP contribution in [0.1, 0.15) is 62.0 Å². The van der Waals surface area contributed by atoms with Gasteiger partial charge in [0.05, 0.1) is 16.4 Å². The van der Waals surface area contributed by atoms with Crippen LogP contribution in [0.4, 0.5) is 0 Å². The van der Waals surface area contributed by atoms with E-state index in [1.807, 2.05) is 37.3 Å². The number of nitrogens with zero attached hydrogens (tertiary/aromatic N) is 2. The van der Waals surface area contributed by atoms with E-state index in [1.54, 1.807) is 22.9 Å². The van der Waals surface area contributed by atoms with Crippen LogP contribution in [0.3, 0.4) is 0 Å². The summed E-state index contributed by atoms with van der Waals surface area (Å²) in [5.74, 6) is -0.203. The van der Waals surface area contributed by atoms with Crippen LogP contribution in [0.25, 0.3) is 16.9 Å². The highest BCUT2D eigenvalue weighted by atomic mass is 35.5. The number of hydrogen-bond donors (Lipinski definition) is 1. The van der Waals surface area contributed by atoms with Crippen LogP contribution >= 0.6 is 34.8 Å². The highest BCUT2D eigenvalue weighted by Crippen LogP contribution is 2.34. The summed E-state index contributed by atoms with van der Waals surface area (Å²) in [5.41, 5.74) is 3.70. The Bertz CT molecular complexity index is 1190.